The van der Waals surface area contributed by atoms with Gasteiger partial charge in [0.05, 0.1) is 11.1 Å². The number of pyridine rings is 1. The van der Waals surface area contributed by atoms with Crippen LogP contribution >= 0.6 is 0 Å². The van der Waals surface area contributed by atoms with Gasteiger partial charge < -0.3 is 10.2 Å². The van der Waals surface area contributed by atoms with Gasteiger partial charge in [-0.15, -0.1) is 0 Å². The molecular weight excluding hydrogens is 308 g/mol. The van der Waals surface area contributed by atoms with Crippen molar-refractivity contribution < 1.29 is 0 Å². The van der Waals surface area contributed by atoms with Crippen LogP contribution in [-0.4, -0.2) is 31.2 Å². The largest absolute Gasteiger partial charge is 0.355 e. The van der Waals surface area contributed by atoms with Crippen molar-refractivity contribution in [2.45, 2.75) is 32.6 Å². The van der Waals surface area contributed by atoms with Crippen LogP contribution in [0.5, 0.6) is 0 Å². The van der Waals surface area contributed by atoms with Gasteiger partial charge in [0, 0.05) is 18.5 Å². The lowest BCUT2D eigenvalue weighted by molar-refractivity contribution is 0.222. The van der Waals surface area contributed by atoms with Crippen LogP contribution < -0.4 is 10.2 Å². The number of aryl methyl sites for hydroxylation is 1. The van der Waals surface area contributed by atoms with Gasteiger partial charge in [0.15, 0.2) is 0 Å². The summed E-state index contributed by atoms with van der Waals surface area (Å²) in [6.07, 6.45) is 5.09. The normalized spacial score (nSPS) is 19.9. The van der Waals surface area contributed by atoms with Gasteiger partial charge >= 0.3 is 0 Å². The van der Waals surface area contributed by atoms with E-state index in [2.05, 4.69) is 28.4 Å². The molecule has 3 heterocycles. The fourth-order valence-corrected chi connectivity index (χ4v) is 4.62. The minimum atomic E-state index is 0.749. The van der Waals surface area contributed by atoms with Crippen molar-refractivity contribution in [1.82, 2.24) is 10.3 Å². The number of nitrogens with zero attached hydrogens (tertiary/aromatic N) is 3. The highest BCUT2D eigenvalue weighted by molar-refractivity contribution is 5.87. The molecule has 1 aromatic carbocycles. The number of hydrogen-bond acceptors (Lipinski definition) is 4. The van der Waals surface area contributed by atoms with E-state index >= 15 is 0 Å². The van der Waals surface area contributed by atoms with Gasteiger partial charge in [-0.05, 0) is 69.2 Å². The van der Waals surface area contributed by atoms with E-state index in [4.69, 9.17) is 4.98 Å². The highest BCUT2D eigenvalue weighted by atomic mass is 15.2. The second-order valence-corrected chi connectivity index (χ2v) is 7.48. The van der Waals surface area contributed by atoms with E-state index in [0.717, 1.165) is 52.8 Å². The van der Waals surface area contributed by atoms with Crippen molar-refractivity contribution in [3.05, 3.63) is 35.4 Å². The zero-order chi connectivity index (χ0) is 17.2. The molecule has 0 saturated carbocycles. The molecule has 0 amide bonds. The number of anilines is 1. The highest BCUT2D eigenvalue weighted by Crippen LogP contribution is 2.34. The quantitative estimate of drug-likeness (QED) is 0.911. The second-order valence-electron chi connectivity index (χ2n) is 7.48. The van der Waals surface area contributed by atoms with Gasteiger partial charge in [0.2, 0.25) is 0 Å². The summed E-state index contributed by atoms with van der Waals surface area (Å²) in [5, 5.41) is 14.3. The minimum absolute atomic E-state index is 0.749. The van der Waals surface area contributed by atoms with Crippen LogP contribution in [-0.2, 0) is 0 Å². The summed E-state index contributed by atoms with van der Waals surface area (Å²) in [6.45, 7) is 6.44. The van der Waals surface area contributed by atoms with Crippen molar-refractivity contribution >= 4 is 16.7 Å². The first-order chi connectivity index (χ1) is 12.3. The van der Waals surface area contributed by atoms with Crippen molar-refractivity contribution in [3.63, 3.8) is 0 Å². The lowest BCUT2D eigenvalue weighted by Crippen LogP contribution is -2.40. The first-order valence-corrected chi connectivity index (χ1v) is 9.53. The summed E-state index contributed by atoms with van der Waals surface area (Å²) in [5.41, 5.74) is 2.80. The third-order valence-electron chi connectivity index (χ3n) is 6.13. The molecule has 1 N–H and O–H groups in total. The predicted molar refractivity (Wildman–Crippen MR) is 102 cm³/mol. The van der Waals surface area contributed by atoms with E-state index in [-0.39, 0.29) is 0 Å². The first-order valence-electron chi connectivity index (χ1n) is 9.53. The van der Waals surface area contributed by atoms with Gasteiger partial charge in [-0.2, -0.15) is 5.26 Å². The maximum Gasteiger partial charge on any atom is 0.147 e. The second kappa shape index (κ2) is 7.01. The molecule has 2 aliphatic heterocycles. The van der Waals surface area contributed by atoms with E-state index in [9.17, 15) is 5.26 Å². The van der Waals surface area contributed by atoms with Crippen LogP contribution in [0.3, 0.4) is 0 Å². The van der Waals surface area contributed by atoms with Crippen molar-refractivity contribution in [2.75, 3.05) is 31.1 Å². The van der Waals surface area contributed by atoms with Crippen LogP contribution in [0.25, 0.3) is 10.9 Å². The Bertz CT molecular complexity index is 793. The Morgan fingerprint density at radius 3 is 2.48 bits per heavy atom. The summed E-state index contributed by atoms with van der Waals surface area (Å²) in [4.78, 5) is 7.20. The molecule has 0 bridgehead atoms. The topological polar surface area (TPSA) is 52.0 Å². The van der Waals surface area contributed by atoms with Crippen LogP contribution in [0.4, 0.5) is 5.82 Å². The maximum absolute atomic E-state index is 9.72. The van der Waals surface area contributed by atoms with Gasteiger partial charge in [-0.3, -0.25) is 0 Å². The molecule has 4 rings (SSSR count). The zero-order valence-electron chi connectivity index (χ0n) is 15.0. The number of aromatic nitrogens is 1. The SMILES string of the molecule is Cc1c(C#N)c(N2CCC(C3CCNCC3)CC2)nc2ccccc12. The zero-order valence-corrected chi connectivity index (χ0v) is 15.0. The van der Waals surface area contributed by atoms with Crippen molar-refractivity contribution in [1.29, 1.82) is 5.26 Å². The molecule has 4 nitrogen and oxygen atoms in total. The fourth-order valence-electron chi connectivity index (χ4n) is 4.62. The molecule has 4 heteroatoms. The third-order valence-corrected chi connectivity index (χ3v) is 6.13. The molecule has 2 aliphatic rings. The standard InChI is InChI=1S/C21H26N4/c1-15-18-4-2-3-5-20(18)24-21(19(15)14-22)25-12-8-17(9-13-25)16-6-10-23-11-7-16/h2-5,16-17,23H,6-13H2,1H3. The van der Waals surface area contributed by atoms with Crippen LogP contribution in [0.1, 0.15) is 36.8 Å². The van der Waals surface area contributed by atoms with Gasteiger partial charge in [0.1, 0.15) is 11.9 Å². The number of hydrogen-bond donors (Lipinski definition) is 1. The summed E-state index contributed by atoms with van der Waals surface area (Å²) >= 11 is 0. The van der Waals surface area contributed by atoms with Gasteiger partial charge in [-0.25, -0.2) is 4.98 Å². The first kappa shape index (κ1) is 16.4. The Morgan fingerprint density at radius 2 is 1.76 bits per heavy atom. The highest BCUT2D eigenvalue weighted by Gasteiger charge is 2.29. The summed E-state index contributed by atoms with van der Waals surface area (Å²) < 4.78 is 0. The van der Waals surface area contributed by atoms with Crippen LogP contribution in [0.2, 0.25) is 0 Å². The Labute approximate surface area is 149 Å². The Hall–Kier alpha value is -2.12. The molecule has 2 aromatic rings. The average Bonchev–Trinajstić information content (AvgIpc) is 2.69. The number of rotatable bonds is 2. The number of para-hydroxylation sites is 1. The average molecular weight is 334 g/mol. The molecule has 1 aromatic heterocycles. The minimum Gasteiger partial charge on any atom is -0.355 e. The van der Waals surface area contributed by atoms with E-state index in [0.29, 0.717) is 0 Å². The van der Waals surface area contributed by atoms with Crippen molar-refractivity contribution in [3.8, 4) is 6.07 Å². The molecule has 130 valence electrons. The Morgan fingerprint density at radius 1 is 1.08 bits per heavy atom. The number of benzene rings is 1. The van der Waals surface area contributed by atoms with Crippen molar-refractivity contribution in [2.24, 2.45) is 11.8 Å². The van der Waals surface area contributed by atoms with E-state index in [1.807, 2.05) is 19.1 Å². The smallest absolute Gasteiger partial charge is 0.147 e. The number of piperidine rings is 2. The molecule has 0 aliphatic carbocycles. The molecule has 25 heavy (non-hydrogen) atoms. The predicted octanol–water partition coefficient (Wildman–Crippen LogP) is 3.63. The summed E-state index contributed by atoms with van der Waals surface area (Å²) in [7, 11) is 0. The molecule has 0 radical (unpaired) electrons. The van der Waals surface area contributed by atoms with Gasteiger partial charge in [-0.1, -0.05) is 18.2 Å². The van der Waals surface area contributed by atoms with E-state index in [1.54, 1.807) is 0 Å². The third kappa shape index (κ3) is 3.09. The van der Waals surface area contributed by atoms with Crippen LogP contribution in [0.15, 0.2) is 24.3 Å². The Balaban J connectivity index is 1.57. The number of nitriles is 1. The molecule has 0 spiro atoms. The molecule has 2 fully saturated rings. The Kier molecular flexibility index (Phi) is 4.59. The van der Waals surface area contributed by atoms with Gasteiger partial charge in [0.25, 0.3) is 0 Å². The lowest BCUT2D eigenvalue weighted by Gasteiger charge is -2.38. The summed E-state index contributed by atoms with van der Waals surface area (Å²) in [5.74, 6) is 2.61. The molecule has 0 unspecified atom stereocenters. The summed E-state index contributed by atoms with van der Waals surface area (Å²) in [6, 6.07) is 10.6. The van der Waals surface area contributed by atoms with Crippen LogP contribution in [0, 0.1) is 30.1 Å². The molecular formula is C21H26N4. The number of fused-ring (bicyclic) bond motifs is 1. The number of nitrogens with one attached hydrogen (secondary N) is 1. The maximum atomic E-state index is 9.72. The molecule has 0 atom stereocenters. The van der Waals surface area contributed by atoms with E-state index < -0.39 is 0 Å². The monoisotopic (exact) mass is 334 g/mol. The lowest BCUT2D eigenvalue weighted by atomic mass is 9.79. The fraction of sp³-hybridized carbons (Fsp3) is 0.524. The molecule has 2 saturated heterocycles. The van der Waals surface area contributed by atoms with E-state index in [1.165, 1.54) is 38.8 Å².